The molecule has 4 saturated carbocycles. The van der Waals surface area contributed by atoms with E-state index in [1.54, 1.807) is 13.8 Å². The number of hydrogen-bond donors (Lipinski definition) is 1. The summed E-state index contributed by atoms with van der Waals surface area (Å²) in [7, 11) is 0. The maximum atomic E-state index is 12.9. The molecule has 25 heavy (non-hydrogen) atoms. The number of carbonyl (C=O) groups is 1. The summed E-state index contributed by atoms with van der Waals surface area (Å²) in [6.07, 6.45) is 2.38. The minimum atomic E-state index is -4.49. The first-order valence-corrected chi connectivity index (χ1v) is 9.10. The van der Waals surface area contributed by atoms with Gasteiger partial charge in [0.15, 0.2) is 5.69 Å². The van der Waals surface area contributed by atoms with Gasteiger partial charge in [0.1, 0.15) is 6.04 Å². The van der Waals surface area contributed by atoms with Crippen LogP contribution in [0.4, 0.5) is 13.2 Å². The van der Waals surface area contributed by atoms with Gasteiger partial charge in [0, 0.05) is 11.2 Å². The molecular formula is C18H24F3N3O. The van der Waals surface area contributed by atoms with Crippen LogP contribution in [-0.2, 0) is 11.0 Å². The molecule has 4 bridgehead atoms. The summed E-state index contributed by atoms with van der Waals surface area (Å²) in [6, 6.07) is 0.248. The molecule has 0 aromatic carbocycles. The third-order valence-electron chi connectivity index (χ3n) is 6.39. The summed E-state index contributed by atoms with van der Waals surface area (Å²) in [5.41, 5.74) is -0.742. The fourth-order valence-electron chi connectivity index (χ4n) is 5.76. The standard InChI is InChI=1S/C18H24F3N3O/c1-10-3-15(18(19,20)21)23-24(10)11(2)16(25)22-17-7-12-4-13(8-17)6-14(5-12)9-17/h3,11-14H,4-9H2,1-2H3,(H,22,25)/t11-,12?,13?,14?,17?/m1/s1. The van der Waals surface area contributed by atoms with Gasteiger partial charge in [0.05, 0.1) is 0 Å². The minimum absolute atomic E-state index is 0.145. The number of aryl methyl sites for hydroxylation is 1. The monoisotopic (exact) mass is 355 g/mol. The Morgan fingerprint density at radius 2 is 1.76 bits per heavy atom. The summed E-state index contributed by atoms with van der Waals surface area (Å²) in [5.74, 6) is 1.88. The van der Waals surface area contributed by atoms with Crippen molar-refractivity contribution in [2.75, 3.05) is 0 Å². The molecule has 1 heterocycles. The molecule has 4 fully saturated rings. The second-order valence-electron chi connectivity index (χ2n) is 8.48. The largest absolute Gasteiger partial charge is 0.435 e. The minimum Gasteiger partial charge on any atom is -0.349 e. The van der Waals surface area contributed by atoms with Crippen LogP contribution in [0, 0.1) is 24.7 Å². The molecule has 0 radical (unpaired) electrons. The highest BCUT2D eigenvalue weighted by atomic mass is 19.4. The number of nitrogens with zero attached hydrogens (tertiary/aromatic N) is 2. The molecule has 1 atom stereocenters. The second kappa shape index (κ2) is 5.48. The van der Waals surface area contributed by atoms with Crippen LogP contribution >= 0.6 is 0 Å². The Balaban J connectivity index is 1.51. The zero-order chi connectivity index (χ0) is 18.0. The Labute approximate surface area is 145 Å². The Bertz CT molecular complexity index is 659. The first-order chi connectivity index (χ1) is 11.7. The zero-order valence-electron chi connectivity index (χ0n) is 14.6. The third-order valence-corrected chi connectivity index (χ3v) is 6.39. The van der Waals surface area contributed by atoms with Crippen molar-refractivity contribution in [3.8, 4) is 0 Å². The van der Waals surface area contributed by atoms with Crippen LogP contribution in [0.5, 0.6) is 0 Å². The normalized spacial score (nSPS) is 35.0. The molecular weight excluding hydrogens is 331 g/mol. The number of halogens is 3. The maximum absolute atomic E-state index is 12.9. The van der Waals surface area contributed by atoms with E-state index in [0.717, 1.165) is 25.3 Å². The fraction of sp³-hybridized carbons (Fsp3) is 0.778. The van der Waals surface area contributed by atoms with Crippen LogP contribution in [0.25, 0.3) is 0 Å². The lowest BCUT2D eigenvalue weighted by Gasteiger charge is -2.57. The van der Waals surface area contributed by atoms with Crippen LogP contribution in [0.3, 0.4) is 0 Å². The number of carbonyl (C=O) groups excluding carboxylic acids is 1. The summed E-state index contributed by atoms with van der Waals surface area (Å²) in [5, 5.41) is 6.84. The lowest BCUT2D eigenvalue weighted by atomic mass is 9.53. The number of aromatic nitrogens is 2. The Morgan fingerprint density at radius 1 is 1.24 bits per heavy atom. The van der Waals surface area contributed by atoms with Crippen molar-refractivity contribution in [3.63, 3.8) is 0 Å². The van der Waals surface area contributed by atoms with E-state index in [9.17, 15) is 18.0 Å². The summed E-state index contributed by atoms with van der Waals surface area (Å²) in [4.78, 5) is 12.8. The molecule has 1 amide bonds. The zero-order valence-corrected chi connectivity index (χ0v) is 14.6. The van der Waals surface area contributed by atoms with Gasteiger partial charge >= 0.3 is 6.18 Å². The van der Waals surface area contributed by atoms with Crippen molar-refractivity contribution < 1.29 is 18.0 Å². The second-order valence-corrected chi connectivity index (χ2v) is 8.48. The van der Waals surface area contributed by atoms with E-state index >= 15 is 0 Å². The first-order valence-electron chi connectivity index (χ1n) is 9.10. The van der Waals surface area contributed by atoms with Gasteiger partial charge in [-0.05, 0) is 76.2 Å². The molecule has 5 rings (SSSR count). The molecule has 4 aliphatic carbocycles. The van der Waals surface area contributed by atoms with Crippen LogP contribution in [0.1, 0.15) is 62.9 Å². The molecule has 1 aromatic heterocycles. The molecule has 0 aliphatic heterocycles. The number of rotatable bonds is 3. The lowest BCUT2D eigenvalue weighted by Crippen LogP contribution is -2.60. The SMILES string of the molecule is Cc1cc(C(F)(F)F)nn1[C@H](C)C(=O)NC12CC3CC(CC(C3)C1)C2. The van der Waals surface area contributed by atoms with E-state index < -0.39 is 17.9 Å². The highest BCUT2D eigenvalue weighted by Gasteiger charge is 2.51. The lowest BCUT2D eigenvalue weighted by molar-refractivity contribution is -0.142. The van der Waals surface area contributed by atoms with Crippen LogP contribution < -0.4 is 5.32 Å². The van der Waals surface area contributed by atoms with Gasteiger partial charge in [0.25, 0.3) is 0 Å². The van der Waals surface area contributed by atoms with Crippen LogP contribution in [-0.4, -0.2) is 21.2 Å². The highest BCUT2D eigenvalue weighted by molar-refractivity contribution is 5.80. The molecule has 4 aliphatic rings. The van der Waals surface area contributed by atoms with Gasteiger partial charge in [0.2, 0.25) is 5.91 Å². The van der Waals surface area contributed by atoms with Crippen molar-refractivity contribution in [2.24, 2.45) is 17.8 Å². The molecule has 0 unspecified atom stereocenters. The number of alkyl halides is 3. The van der Waals surface area contributed by atoms with Crippen molar-refractivity contribution in [3.05, 3.63) is 17.5 Å². The molecule has 138 valence electrons. The average molecular weight is 355 g/mol. The molecule has 1 N–H and O–H groups in total. The van der Waals surface area contributed by atoms with Crippen molar-refractivity contribution in [1.29, 1.82) is 0 Å². The van der Waals surface area contributed by atoms with Crippen LogP contribution in [0.15, 0.2) is 6.07 Å². The maximum Gasteiger partial charge on any atom is 0.435 e. The van der Waals surface area contributed by atoms with E-state index in [0.29, 0.717) is 23.4 Å². The highest BCUT2D eigenvalue weighted by Crippen LogP contribution is 2.55. The van der Waals surface area contributed by atoms with E-state index in [1.165, 1.54) is 23.9 Å². The van der Waals surface area contributed by atoms with Crippen molar-refractivity contribution >= 4 is 5.91 Å². The first kappa shape index (κ1) is 16.9. The topological polar surface area (TPSA) is 46.9 Å². The molecule has 0 saturated heterocycles. The van der Waals surface area contributed by atoms with Crippen LogP contribution in [0.2, 0.25) is 0 Å². The molecule has 4 nitrogen and oxygen atoms in total. The van der Waals surface area contributed by atoms with E-state index in [2.05, 4.69) is 10.4 Å². The number of nitrogens with one attached hydrogen (secondary N) is 1. The molecule has 0 spiro atoms. The van der Waals surface area contributed by atoms with Crippen molar-refractivity contribution in [2.45, 2.75) is 70.1 Å². The quantitative estimate of drug-likeness (QED) is 0.895. The van der Waals surface area contributed by atoms with Crippen molar-refractivity contribution in [1.82, 2.24) is 15.1 Å². The van der Waals surface area contributed by atoms with E-state index in [-0.39, 0.29) is 11.4 Å². The molecule has 7 heteroatoms. The third kappa shape index (κ3) is 2.95. The Hall–Kier alpha value is -1.53. The van der Waals surface area contributed by atoms with Gasteiger partial charge in [-0.15, -0.1) is 0 Å². The van der Waals surface area contributed by atoms with Gasteiger partial charge in [-0.3, -0.25) is 9.48 Å². The summed E-state index contributed by atoms with van der Waals surface area (Å²) in [6.45, 7) is 3.17. The fourth-order valence-corrected chi connectivity index (χ4v) is 5.76. The number of hydrogen-bond acceptors (Lipinski definition) is 2. The predicted molar refractivity (Wildman–Crippen MR) is 85.7 cm³/mol. The van der Waals surface area contributed by atoms with Gasteiger partial charge in [-0.1, -0.05) is 0 Å². The molecule has 1 aromatic rings. The average Bonchev–Trinajstić information content (AvgIpc) is 2.86. The Kier molecular flexibility index (Phi) is 3.71. The van der Waals surface area contributed by atoms with Gasteiger partial charge < -0.3 is 5.32 Å². The van der Waals surface area contributed by atoms with Gasteiger partial charge in [-0.25, -0.2) is 0 Å². The van der Waals surface area contributed by atoms with E-state index in [4.69, 9.17) is 0 Å². The summed E-state index contributed by atoms with van der Waals surface area (Å²) < 4.78 is 39.8. The van der Waals surface area contributed by atoms with Gasteiger partial charge in [-0.2, -0.15) is 18.3 Å². The Morgan fingerprint density at radius 3 is 2.20 bits per heavy atom. The number of amides is 1. The smallest absolute Gasteiger partial charge is 0.349 e. The van der Waals surface area contributed by atoms with E-state index in [1.807, 2.05) is 0 Å². The predicted octanol–water partition coefficient (Wildman–Crippen LogP) is 3.86. The summed E-state index contributed by atoms with van der Waals surface area (Å²) >= 11 is 0.